The Morgan fingerprint density at radius 2 is 1.04 bits per heavy atom. The van der Waals surface area contributed by atoms with Gasteiger partial charge >= 0.3 is 11.9 Å². The summed E-state index contributed by atoms with van der Waals surface area (Å²) < 4.78 is 10.9. The van der Waals surface area contributed by atoms with Crippen LogP contribution in [0.3, 0.4) is 0 Å². The van der Waals surface area contributed by atoms with Crippen molar-refractivity contribution in [3.8, 4) is 0 Å². The first-order chi connectivity index (χ1) is 22.4. The SMILES string of the molecule is O=C(CCSC1CC2C(C1)C1CC2C2C3CC(S)C(C3)C12)OCCOC(=O)CCSC1CC2CC1C1C3CC(C4CC(S)CC43)C21. The van der Waals surface area contributed by atoms with Crippen LogP contribution in [-0.2, 0) is 19.1 Å². The van der Waals surface area contributed by atoms with Crippen LogP contribution in [0.1, 0.15) is 77.0 Å². The van der Waals surface area contributed by atoms with Gasteiger partial charge < -0.3 is 9.47 Å². The van der Waals surface area contributed by atoms with Gasteiger partial charge in [0, 0.05) is 32.5 Å². The van der Waals surface area contributed by atoms with Crippen molar-refractivity contribution in [1.82, 2.24) is 0 Å². The van der Waals surface area contributed by atoms with Crippen LogP contribution in [-0.4, -0.2) is 57.7 Å². The summed E-state index contributed by atoms with van der Waals surface area (Å²) in [5.41, 5.74) is 0. The average molecular weight is 703 g/mol. The van der Waals surface area contributed by atoms with Gasteiger partial charge in [0.2, 0.25) is 0 Å². The standard InChI is InChI=1S/C38H54O4S4/c39-33(1-5-45-20-13-23-24(14-20)28-16-26(23)35-17-7-29(37(28)35)31(44)9-17)41-3-4-42-34(40)2-6-46-32-10-18-8-30(32)38-27-15-25(36(18)38)21-11-19(43)12-22(21)27/h17-32,35-38,43-44H,1-16H2. The molecule has 20 atom stereocenters. The first-order valence-electron chi connectivity index (χ1n) is 19.3. The lowest BCUT2D eigenvalue weighted by Gasteiger charge is -2.43. The van der Waals surface area contributed by atoms with Crippen LogP contribution in [0.4, 0.5) is 0 Å². The number of esters is 2. The number of thiol groups is 2. The molecule has 46 heavy (non-hydrogen) atoms. The second-order valence-electron chi connectivity index (χ2n) is 17.9. The van der Waals surface area contributed by atoms with Gasteiger partial charge in [-0.25, -0.2) is 0 Å². The van der Waals surface area contributed by atoms with Crippen LogP contribution in [0.25, 0.3) is 0 Å². The van der Waals surface area contributed by atoms with Crippen LogP contribution in [0, 0.1) is 94.7 Å². The molecule has 0 aromatic rings. The summed E-state index contributed by atoms with van der Waals surface area (Å²) in [5, 5.41) is 2.81. The Morgan fingerprint density at radius 3 is 1.70 bits per heavy atom. The molecular formula is C38H54O4S4. The molecule has 0 saturated heterocycles. The highest BCUT2D eigenvalue weighted by Crippen LogP contribution is 2.75. The Balaban J connectivity index is 0.598. The van der Waals surface area contributed by atoms with E-state index in [2.05, 4.69) is 11.8 Å². The molecule has 10 aliphatic rings. The van der Waals surface area contributed by atoms with Crippen LogP contribution < -0.4 is 0 Å². The third-order valence-electron chi connectivity index (χ3n) is 16.6. The molecule has 4 nitrogen and oxygen atoms in total. The maximum atomic E-state index is 12.4. The Hall–Kier alpha value is 0.340. The van der Waals surface area contributed by atoms with Crippen molar-refractivity contribution >= 4 is 60.7 Å². The molecule has 20 unspecified atom stereocenters. The van der Waals surface area contributed by atoms with Crippen molar-refractivity contribution in [2.75, 3.05) is 24.7 Å². The minimum Gasteiger partial charge on any atom is -0.462 e. The fraction of sp³-hybridized carbons (Fsp3) is 0.947. The molecule has 0 aromatic carbocycles. The highest BCUT2D eigenvalue weighted by Gasteiger charge is 2.69. The maximum Gasteiger partial charge on any atom is 0.306 e. The number of hydrogen-bond donors (Lipinski definition) is 2. The first kappa shape index (κ1) is 31.1. The Bertz CT molecular complexity index is 1230. The maximum absolute atomic E-state index is 12.4. The van der Waals surface area contributed by atoms with Crippen molar-refractivity contribution in [3.63, 3.8) is 0 Å². The quantitative estimate of drug-likeness (QED) is 0.100. The molecule has 10 saturated carbocycles. The molecule has 0 aliphatic heterocycles. The van der Waals surface area contributed by atoms with Crippen molar-refractivity contribution in [2.45, 2.75) is 98.0 Å². The molecule has 254 valence electrons. The second-order valence-corrected chi connectivity index (χ2v) is 22.0. The fourth-order valence-electron chi connectivity index (χ4n) is 15.9. The lowest BCUT2D eigenvalue weighted by Crippen LogP contribution is -2.39. The fourth-order valence-corrected chi connectivity index (χ4v) is 19.8. The molecule has 0 heterocycles. The van der Waals surface area contributed by atoms with Gasteiger partial charge in [-0.15, -0.1) is 0 Å². The predicted octanol–water partition coefficient (Wildman–Crippen LogP) is 7.55. The van der Waals surface area contributed by atoms with Crippen molar-refractivity contribution < 1.29 is 19.1 Å². The van der Waals surface area contributed by atoms with E-state index in [4.69, 9.17) is 34.7 Å². The number of hydrogen-bond acceptors (Lipinski definition) is 8. The summed E-state index contributed by atoms with van der Waals surface area (Å²) in [6.07, 6.45) is 15.2. The van der Waals surface area contributed by atoms with Gasteiger partial charge in [-0.3, -0.25) is 9.59 Å². The van der Waals surface area contributed by atoms with Crippen LogP contribution in [0.15, 0.2) is 0 Å². The molecule has 0 radical (unpaired) electrons. The summed E-state index contributed by atoms with van der Waals surface area (Å²) in [6, 6.07) is 0. The number of fused-ring (bicyclic) bond motifs is 24. The van der Waals surface area contributed by atoms with E-state index in [-0.39, 0.29) is 25.2 Å². The van der Waals surface area contributed by atoms with Gasteiger partial charge in [0.05, 0.1) is 12.8 Å². The largest absolute Gasteiger partial charge is 0.462 e. The molecule has 8 heteroatoms. The zero-order chi connectivity index (χ0) is 30.8. The van der Waals surface area contributed by atoms with Gasteiger partial charge in [0.1, 0.15) is 13.2 Å². The van der Waals surface area contributed by atoms with E-state index in [1.807, 2.05) is 11.8 Å². The zero-order valence-corrected chi connectivity index (χ0v) is 30.6. The Kier molecular flexibility index (Phi) is 8.09. The van der Waals surface area contributed by atoms with Crippen LogP contribution in [0.5, 0.6) is 0 Å². The molecular weight excluding hydrogens is 649 g/mol. The number of carbonyl (C=O) groups is 2. The van der Waals surface area contributed by atoms with E-state index in [1.165, 1.54) is 64.2 Å². The van der Waals surface area contributed by atoms with Gasteiger partial charge in [-0.1, -0.05) is 0 Å². The van der Waals surface area contributed by atoms with E-state index >= 15 is 0 Å². The summed E-state index contributed by atoms with van der Waals surface area (Å²) in [4.78, 5) is 24.9. The summed E-state index contributed by atoms with van der Waals surface area (Å²) in [6.45, 7) is 0.369. The van der Waals surface area contributed by atoms with Crippen molar-refractivity contribution in [3.05, 3.63) is 0 Å². The molecule has 0 spiro atoms. The van der Waals surface area contributed by atoms with E-state index in [0.29, 0.717) is 23.3 Å². The van der Waals surface area contributed by atoms with Crippen molar-refractivity contribution in [2.24, 2.45) is 94.7 Å². The smallest absolute Gasteiger partial charge is 0.306 e. The lowest BCUT2D eigenvalue weighted by molar-refractivity contribution is -0.151. The zero-order valence-electron chi connectivity index (χ0n) is 27.2. The first-order valence-corrected chi connectivity index (χ1v) is 22.5. The normalized spacial score (nSPS) is 55.6. The molecule has 10 aliphatic carbocycles. The Morgan fingerprint density at radius 1 is 0.522 bits per heavy atom. The highest BCUT2D eigenvalue weighted by molar-refractivity contribution is 8.00. The minimum absolute atomic E-state index is 0.142. The van der Waals surface area contributed by atoms with Crippen LogP contribution >= 0.6 is 48.8 Å². The third kappa shape index (κ3) is 4.83. The molecule has 0 aromatic heterocycles. The molecule has 0 N–H and O–H groups in total. The van der Waals surface area contributed by atoms with E-state index in [0.717, 1.165) is 117 Å². The topological polar surface area (TPSA) is 52.6 Å². The van der Waals surface area contributed by atoms with Crippen LogP contribution in [0.2, 0.25) is 0 Å². The summed E-state index contributed by atoms with van der Waals surface area (Å²) >= 11 is 13.9. The predicted molar refractivity (Wildman–Crippen MR) is 191 cm³/mol. The van der Waals surface area contributed by atoms with Gasteiger partial charge in [0.25, 0.3) is 0 Å². The second kappa shape index (κ2) is 12.0. The van der Waals surface area contributed by atoms with E-state index in [1.54, 1.807) is 0 Å². The Labute approximate surface area is 295 Å². The highest BCUT2D eigenvalue weighted by atomic mass is 32.2. The molecule has 0 amide bonds. The van der Waals surface area contributed by atoms with E-state index < -0.39 is 0 Å². The summed E-state index contributed by atoms with van der Waals surface area (Å²) in [7, 11) is 0. The third-order valence-corrected chi connectivity index (χ3v) is 20.3. The molecule has 10 rings (SSSR count). The monoisotopic (exact) mass is 702 g/mol. The van der Waals surface area contributed by atoms with E-state index in [9.17, 15) is 9.59 Å². The average Bonchev–Trinajstić information content (AvgIpc) is 3.85. The van der Waals surface area contributed by atoms with Gasteiger partial charge in [0.15, 0.2) is 0 Å². The number of thioether (sulfide) groups is 2. The van der Waals surface area contributed by atoms with Crippen molar-refractivity contribution in [1.29, 1.82) is 0 Å². The number of carbonyl (C=O) groups excluding carboxylic acids is 2. The number of ether oxygens (including phenoxy) is 2. The lowest BCUT2D eigenvalue weighted by atomic mass is 9.64. The molecule has 10 fully saturated rings. The summed E-state index contributed by atoms with van der Waals surface area (Å²) in [5.74, 6) is 17.1. The van der Waals surface area contributed by atoms with Gasteiger partial charge in [-0.2, -0.15) is 48.8 Å². The minimum atomic E-state index is -0.146. The molecule has 8 bridgehead atoms. The number of rotatable bonds is 11. The van der Waals surface area contributed by atoms with Gasteiger partial charge in [-0.05, 0) is 159 Å².